The van der Waals surface area contributed by atoms with Gasteiger partial charge in [-0.1, -0.05) is 18.2 Å². The fourth-order valence-electron chi connectivity index (χ4n) is 2.84. The molecule has 2 heterocycles. The molecule has 7 heteroatoms. The highest BCUT2D eigenvalue weighted by molar-refractivity contribution is 6.08. The van der Waals surface area contributed by atoms with Gasteiger partial charge in [-0.3, -0.25) is 4.79 Å². The summed E-state index contributed by atoms with van der Waals surface area (Å²) in [7, 11) is 1.47. The van der Waals surface area contributed by atoms with Crippen LogP contribution in [0.1, 0.15) is 23.2 Å². The number of rotatable bonds is 4. The Morgan fingerprint density at radius 3 is 2.67 bits per heavy atom. The number of pyridine rings is 1. The third-order valence-corrected chi connectivity index (χ3v) is 4.25. The molecule has 1 aliphatic rings. The van der Waals surface area contributed by atoms with Gasteiger partial charge in [0.2, 0.25) is 5.88 Å². The first-order chi connectivity index (χ1) is 11.6. The van der Waals surface area contributed by atoms with Crippen LogP contribution in [-0.4, -0.2) is 47.8 Å². The zero-order chi connectivity index (χ0) is 17.2. The minimum Gasteiger partial charge on any atom is -0.481 e. The fourth-order valence-corrected chi connectivity index (χ4v) is 2.84. The maximum Gasteiger partial charge on any atom is 0.329 e. The Balaban J connectivity index is 2.00. The average Bonchev–Trinajstić information content (AvgIpc) is 2.61. The molecule has 1 aliphatic heterocycles. The van der Waals surface area contributed by atoms with E-state index in [-0.39, 0.29) is 12.8 Å². The van der Waals surface area contributed by atoms with Crippen LogP contribution >= 0.6 is 0 Å². The predicted molar refractivity (Wildman–Crippen MR) is 86.2 cm³/mol. The lowest BCUT2D eigenvalue weighted by molar-refractivity contribution is -0.148. The highest BCUT2D eigenvalue weighted by Gasteiger charge is 2.42. The number of hydrogen-bond donors (Lipinski definition) is 2. The molecule has 0 aliphatic carbocycles. The summed E-state index contributed by atoms with van der Waals surface area (Å²) in [4.78, 5) is 28.8. The number of benzene rings is 1. The summed E-state index contributed by atoms with van der Waals surface area (Å²) >= 11 is 0. The van der Waals surface area contributed by atoms with Crippen LogP contribution in [0.25, 0.3) is 10.9 Å². The van der Waals surface area contributed by atoms with E-state index in [2.05, 4.69) is 10.3 Å². The van der Waals surface area contributed by atoms with Crippen LogP contribution in [0.5, 0.6) is 5.88 Å². The molecule has 0 bridgehead atoms. The fraction of sp³-hybridized carbons (Fsp3) is 0.353. The van der Waals surface area contributed by atoms with Gasteiger partial charge in [0.15, 0.2) is 0 Å². The van der Waals surface area contributed by atoms with Gasteiger partial charge in [0, 0.05) is 37.5 Å². The number of fused-ring (bicyclic) bond motifs is 1. The second-order valence-electron chi connectivity index (χ2n) is 5.68. The second kappa shape index (κ2) is 6.45. The minimum atomic E-state index is -1.31. The van der Waals surface area contributed by atoms with E-state index in [0.717, 1.165) is 0 Å². The lowest BCUT2D eigenvalue weighted by atomic mass is 9.89. The number of para-hydroxylation sites is 1. The lowest BCUT2D eigenvalue weighted by Gasteiger charge is -2.34. The molecular weight excluding hydrogens is 312 g/mol. The smallest absolute Gasteiger partial charge is 0.329 e. The maximum absolute atomic E-state index is 12.8. The van der Waals surface area contributed by atoms with Gasteiger partial charge < -0.3 is 19.9 Å². The normalized spacial score (nSPS) is 16.5. The molecule has 0 saturated carbocycles. The predicted octanol–water partition coefficient (Wildman–Crippen LogP) is 1.61. The minimum absolute atomic E-state index is 0.230. The van der Waals surface area contributed by atoms with Gasteiger partial charge >= 0.3 is 5.97 Å². The molecular formula is C17H18N2O5. The Labute approximate surface area is 138 Å². The second-order valence-corrected chi connectivity index (χ2v) is 5.68. The van der Waals surface area contributed by atoms with Crippen LogP contribution in [0, 0.1) is 0 Å². The van der Waals surface area contributed by atoms with E-state index in [4.69, 9.17) is 9.47 Å². The van der Waals surface area contributed by atoms with Gasteiger partial charge in [-0.2, -0.15) is 0 Å². The molecule has 7 nitrogen and oxygen atoms in total. The average molecular weight is 330 g/mol. The SMILES string of the molecule is COc1cc(C(=O)NC2(C(=O)O)CCOCC2)c2ccccc2n1. The molecule has 1 aromatic carbocycles. The van der Waals surface area contributed by atoms with E-state index >= 15 is 0 Å². The molecule has 24 heavy (non-hydrogen) atoms. The monoisotopic (exact) mass is 330 g/mol. The van der Waals surface area contributed by atoms with Crippen LogP contribution < -0.4 is 10.1 Å². The van der Waals surface area contributed by atoms with Crippen molar-refractivity contribution >= 4 is 22.8 Å². The van der Waals surface area contributed by atoms with Gasteiger partial charge in [-0.25, -0.2) is 9.78 Å². The zero-order valence-corrected chi connectivity index (χ0v) is 13.2. The molecule has 0 radical (unpaired) electrons. The number of carboxylic acids is 1. The summed E-state index contributed by atoms with van der Waals surface area (Å²) in [5.74, 6) is -1.21. The van der Waals surface area contributed by atoms with Crippen molar-refractivity contribution in [1.82, 2.24) is 10.3 Å². The van der Waals surface area contributed by atoms with Crippen LogP contribution in [0.2, 0.25) is 0 Å². The Bertz CT molecular complexity index is 784. The van der Waals surface area contributed by atoms with E-state index in [1.165, 1.54) is 13.2 Å². The lowest BCUT2D eigenvalue weighted by Crippen LogP contribution is -2.57. The molecule has 1 saturated heterocycles. The van der Waals surface area contributed by atoms with Crippen molar-refractivity contribution in [2.75, 3.05) is 20.3 Å². The largest absolute Gasteiger partial charge is 0.481 e. The molecule has 1 fully saturated rings. The van der Waals surface area contributed by atoms with Crippen molar-refractivity contribution in [3.05, 3.63) is 35.9 Å². The molecule has 0 atom stereocenters. The number of carboxylic acid groups (broad SMARTS) is 1. The van der Waals surface area contributed by atoms with Gasteiger partial charge in [-0.05, 0) is 6.07 Å². The van der Waals surface area contributed by atoms with E-state index in [0.29, 0.717) is 35.6 Å². The van der Waals surface area contributed by atoms with Gasteiger partial charge in [0.25, 0.3) is 5.91 Å². The number of nitrogens with zero attached hydrogens (tertiary/aromatic N) is 1. The summed E-state index contributed by atoms with van der Waals surface area (Å²) in [6, 6.07) is 8.68. The topological polar surface area (TPSA) is 97.8 Å². The summed E-state index contributed by atoms with van der Waals surface area (Å²) in [6.07, 6.45) is 0.461. The molecule has 1 aromatic heterocycles. The number of aromatic nitrogens is 1. The van der Waals surface area contributed by atoms with E-state index < -0.39 is 17.4 Å². The van der Waals surface area contributed by atoms with Crippen LogP contribution in [0.4, 0.5) is 0 Å². The van der Waals surface area contributed by atoms with Crippen LogP contribution in [-0.2, 0) is 9.53 Å². The van der Waals surface area contributed by atoms with Crippen LogP contribution in [0.15, 0.2) is 30.3 Å². The summed E-state index contributed by atoms with van der Waals surface area (Å²) < 4.78 is 10.4. The molecule has 3 rings (SSSR count). The van der Waals surface area contributed by atoms with E-state index in [1.807, 2.05) is 6.07 Å². The Kier molecular flexibility index (Phi) is 4.35. The summed E-state index contributed by atoms with van der Waals surface area (Å²) in [5.41, 5.74) is -0.365. The van der Waals surface area contributed by atoms with Gasteiger partial charge in [0.05, 0.1) is 18.2 Å². The summed E-state index contributed by atoms with van der Waals surface area (Å²) in [5, 5.41) is 12.9. The number of nitrogens with one attached hydrogen (secondary N) is 1. The maximum atomic E-state index is 12.8. The van der Waals surface area contributed by atoms with Crippen molar-refractivity contribution in [2.45, 2.75) is 18.4 Å². The molecule has 2 N–H and O–H groups in total. The molecule has 126 valence electrons. The van der Waals surface area contributed by atoms with Crippen LogP contribution in [0.3, 0.4) is 0 Å². The standard InChI is InChI=1S/C17H18N2O5/c1-23-14-10-12(11-4-2-3-5-13(11)18-14)15(20)19-17(16(21)22)6-8-24-9-7-17/h2-5,10H,6-9H2,1H3,(H,19,20)(H,21,22). The molecule has 0 spiro atoms. The highest BCUT2D eigenvalue weighted by Crippen LogP contribution is 2.25. The Morgan fingerprint density at radius 2 is 2.00 bits per heavy atom. The van der Waals surface area contributed by atoms with Gasteiger partial charge in [-0.15, -0.1) is 0 Å². The quantitative estimate of drug-likeness (QED) is 0.884. The third kappa shape index (κ3) is 2.90. The third-order valence-electron chi connectivity index (χ3n) is 4.25. The number of amides is 1. The van der Waals surface area contributed by atoms with E-state index in [1.54, 1.807) is 18.2 Å². The van der Waals surface area contributed by atoms with Crippen molar-refractivity contribution in [3.8, 4) is 5.88 Å². The Morgan fingerprint density at radius 1 is 1.29 bits per heavy atom. The number of aliphatic carboxylic acids is 1. The number of carbonyl (C=O) groups excluding carboxylic acids is 1. The van der Waals surface area contributed by atoms with Gasteiger partial charge in [0.1, 0.15) is 5.54 Å². The number of methoxy groups -OCH3 is 1. The zero-order valence-electron chi connectivity index (χ0n) is 13.2. The van der Waals surface area contributed by atoms with Crippen molar-refractivity contribution in [3.63, 3.8) is 0 Å². The Hall–Kier alpha value is -2.67. The highest BCUT2D eigenvalue weighted by atomic mass is 16.5. The number of hydrogen-bond acceptors (Lipinski definition) is 5. The summed E-state index contributed by atoms with van der Waals surface area (Å²) in [6.45, 7) is 0.597. The first-order valence-electron chi connectivity index (χ1n) is 7.63. The van der Waals surface area contributed by atoms with E-state index in [9.17, 15) is 14.7 Å². The molecule has 0 unspecified atom stereocenters. The van der Waals surface area contributed by atoms with Crippen molar-refractivity contribution in [1.29, 1.82) is 0 Å². The molecule has 1 amide bonds. The number of carbonyl (C=O) groups is 2. The molecule has 2 aromatic rings. The first-order valence-corrected chi connectivity index (χ1v) is 7.63. The first kappa shape index (κ1) is 16.2. The number of ether oxygens (including phenoxy) is 2. The van der Waals surface area contributed by atoms with Crippen molar-refractivity contribution in [2.24, 2.45) is 0 Å². The van der Waals surface area contributed by atoms with Crippen molar-refractivity contribution < 1.29 is 24.2 Å².